The van der Waals surface area contributed by atoms with E-state index in [0.29, 0.717) is 6.07 Å². The van der Waals surface area contributed by atoms with E-state index in [0.717, 1.165) is 35.7 Å². The minimum absolute atomic E-state index is 0.00238. The number of amides is 2. The Morgan fingerprint density at radius 3 is 2.19 bits per heavy atom. The summed E-state index contributed by atoms with van der Waals surface area (Å²) in [6.45, 7) is 5.67. The van der Waals surface area contributed by atoms with Gasteiger partial charge in [-0.25, -0.2) is 8.78 Å². The molecule has 0 atom stereocenters. The highest BCUT2D eigenvalue weighted by atomic mass is 19.1. The maximum Gasteiger partial charge on any atom is 0.226 e. The van der Waals surface area contributed by atoms with Crippen LogP contribution in [-0.4, -0.2) is 18.4 Å². The molecule has 0 aliphatic heterocycles. The molecule has 2 amide bonds. The fraction of sp³-hybridized carbons (Fsp3) is 0.333. The van der Waals surface area contributed by atoms with Crippen molar-refractivity contribution >= 4 is 23.2 Å². The molecule has 0 bridgehead atoms. The van der Waals surface area contributed by atoms with Crippen LogP contribution in [0.15, 0.2) is 36.4 Å². The highest BCUT2D eigenvalue weighted by Gasteiger charge is 2.19. The average Bonchev–Trinajstić information content (AvgIpc) is 2.63. The van der Waals surface area contributed by atoms with E-state index in [1.807, 2.05) is 32.0 Å². The zero-order valence-electron chi connectivity index (χ0n) is 15.8. The Bertz CT molecular complexity index is 815. The summed E-state index contributed by atoms with van der Waals surface area (Å²) in [7, 11) is 0. The number of nitrogens with zero attached hydrogens (tertiary/aromatic N) is 1. The summed E-state index contributed by atoms with van der Waals surface area (Å²) >= 11 is 0. The van der Waals surface area contributed by atoms with Gasteiger partial charge in [-0.3, -0.25) is 9.59 Å². The number of para-hydroxylation sites is 1. The van der Waals surface area contributed by atoms with Crippen LogP contribution in [0.4, 0.5) is 20.2 Å². The van der Waals surface area contributed by atoms with Crippen LogP contribution >= 0.6 is 0 Å². The third-order valence-electron chi connectivity index (χ3n) is 4.38. The first-order valence-electron chi connectivity index (χ1n) is 9.01. The van der Waals surface area contributed by atoms with Crippen molar-refractivity contribution in [3.63, 3.8) is 0 Å². The van der Waals surface area contributed by atoms with Crippen LogP contribution in [0.1, 0.15) is 38.3 Å². The van der Waals surface area contributed by atoms with Crippen molar-refractivity contribution in [1.82, 2.24) is 0 Å². The van der Waals surface area contributed by atoms with Crippen molar-refractivity contribution < 1.29 is 18.4 Å². The fourth-order valence-electron chi connectivity index (χ4n) is 3.01. The molecule has 2 rings (SSSR count). The first-order chi connectivity index (χ1) is 12.9. The monoisotopic (exact) mass is 374 g/mol. The highest BCUT2D eigenvalue weighted by molar-refractivity contribution is 5.96. The molecule has 6 heteroatoms. The molecule has 0 spiro atoms. The van der Waals surface area contributed by atoms with Crippen LogP contribution < -0.4 is 10.2 Å². The minimum atomic E-state index is -0.837. The number of carbonyl (C=O) groups is 2. The molecule has 144 valence electrons. The van der Waals surface area contributed by atoms with E-state index in [-0.39, 0.29) is 24.6 Å². The molecule has 0 saturated heterocycles. The van der Waals surface area contributed by atoms with Crippen LogP contribution in [0.5, 0.6) is 0 Å². The van der Waals surface area contributed by atoms with Gasteiger partial charge in [0.1, 0.15) is 11.6 Å². The van der Waals surface area contributed by atoms with E-state index in [4.69, 9.17) is 0 Å². The van der Waals surface area contributed by atoms with Crippen molar-refractivity contribution in [3.05, 3.63) is 59.2 Å². The molecule has 0 aliphatic rings. The van der Waals surface area contributed by atoms with Crippen LogP contribution in [0.2, 0.25) is 0 Å². The second-order valence-corrected chi connectivity index (χ2v) is 6.22. The summed E-state index contributed by atoms with van der Waals surface area (Å²) in [6, 6.07) is 8.86. The van der Waals surface area contributed by atoms with E-state index in [1.165, 1.54) is 13.0 Å². The Morgan fingerprint density at radius 2 is 1.67 bits per heavy atom. The van der Waals surface area contributed by atoms with E-state index in [2.05, 4.69) is 5.32 Å². The van der Waals surface area contributed by atoms with E-state index < -0.39 is 17.5 Å². The number of aryl methyl sites for hydroxylation is 2. The zero-order valence-corrected chi connectivity index (χ0v) is 15.8. The molecule has 27 heavy (non-hydrogen) atoms. The van der Waals surface area contributed by atoms with Gasteiger partial charge in [0.2, 0.25) is 11.8 Å². The molecule has 2 aromatic rings. The van der Waals surface area contributed by atoms with Gasteiger partial charge in [-0.2, -0.15) is 0 Å². The highest BCUT2D eigenvalue weighted by Crippen LogP contribution is 2.27. The average molecular weight is 374 g/mol. The Hall–Kier alpha value is -2.76. The lowest BCUT2D eigenvalue weighted by molar-refractivity contribution is -0.117. The van der Waals surface area contributed by atoms with Crippen molar-refractivity contribution in [2.45, 2.75) is 40.0 Å². The SMILES string of the molecule is CCc1cccc(CC)c1N(CCC(=O)Nc1ccc(F)cc1F)C(C)=O. The number of rotatable bonds is 7. The first-order valence-corrected chi connectivity index (χ1v) is 9.01. The Kier molecular flexibility index (Phi) is 7.05. The van der Waals surface area contributed by atoms with Gasteiger partial charge in [0.25, 0.3) is 0 Å². The number of anilines is 2. The predicted octanol–water partition coefficient (Wildman–Crippen LogP) is 4.47. The van der Waals surface area contributed by atoms with Gasteiger partial charge >= 0.3 is 0 Å². The van der Waals surface area contributed by atoms with Gasteiger partial charge in [-0.1, -0.05) is 32.0 Å². The van der Waals surface area contributed by atoms with Crippen LogP contribution in [0.3, 0.4) is 0 Å². The van der Waals surface area contributed by atoms with E-state index in [9.17, 15) is 18.4 Å². The lowest BCUT2D eigenvalue weighted by atomic mass is 10.0. The van der Waals surface area contributed by atoms with Crippen molar-refractivity contribution in [2.75, 3.05) is 16.8 Å². The Balaban J connectivity index is 2.16. The number of benzene rings is 2. The summed E-state index contributed by atoms with van der Waals surface area (Å²) in [4.78, 5) is 26.0. The number of hydrogen-bond acceptors (Lipinski definition) is 2. The molecular formula is C21H24F2N2O2. The van der Waals surface area contributed by atoms with Gasteiger partial charge in [-0.05, 0) is 36.1 Å². The van der Waals surface area contributed by atoms with Crippen LogP contribution in [-0.2, 0) is 22.4 Å². The summed E-state index contributed by atoms with van der Waals surface area (Å²) in [5, 5.41) is 2.42. The topological polar surface area (TPSA) is 49.4 Å². The Morgan fingerprint density at radius 1 is 1.04 bits per heavy atom. The number of carbonyl (C=O) groups excluding carboxylic acids is 2. The van der Waals surface area contributed by atoms with Crippen LogP contribution in [0, 0.1) is 11.6 Å². The van der Waals surface area contributed by atoms with Crippen molar-refractivity contribution in [2.24, 2.45) is 0 Å². The van der Waals surface area contributed by atoms with Gasteiger partial charge in [0.15, 0.2) is 0 Å². The quantitative estimate of drug-likeness (QED) is 0.777. The standard InChI is InChI=1S/C21H24F2N2O2/c1-4-15-7-6-8-16(5-2)21(15)25(14(3)26)12-11-20(27)24-19-10-9-17(22)13-18(19)23/h6-10,13H,4-5,11-12H2,1-3H3,(H,24,27). The molecule has 0 aromatic heterocycles. The minimum Gasteiger partial charge on any atom is -0.324 e. The van der Waals surface area contributed by atoms with E-state index >= 15 is 0 Å². The van der Waals surface area contributed by atoms with Gasteiger partial charge in [-0.15, -0.1) is 0 Å². The molecule has 0 saturated carbocycles. The molecule has 0 heterocycles. The molecule has 0 radical (unpaired) electrons. The summed E-state index contributed by atoms with van der Waals surface area (Å²) < 4.78 is 26.6. The molecule has 0 unspecified atom stereocenters. The molecule has 2 aromatic carbocycles. The normalized spacial score (nSPS) is 10.6. The third kappa shape index (κ3) is 5.12. The largest absolute Gasteiger partial charge is 0.324 e. The molecule has 0 fully saturated rings. The lowest BCUT2D eigenvalue weighted by Gasteiger charge is -2.26. The maximum absolute atomic E-state index is 13.7. The summed E-state index contributed by atoms with van der Waals surface area (Å²) in [5.41, 5.74) is 2.83. The van der Waals surface area contributed by atoms with Gasteiger partial charge in [0, 0.05) is 31.6 Å². The smallest absolute Gasteiger partial charge is 0.226 e. The molecule has 4 nitrogen and oxygen atoms in total. The fourth-order valence-corrected chi connectivity index (χ4v) is 3.01. The van der Waals surface area contributed by atoms with Gasteiger partial charge in [0.05, 0.1) is 5.69 Å². The van der Waals surface area contributed by atoms with Crippen LogP contribution in [0.25, 0.3) is 0 Å². The molecule has 1 N–H and O–H groups in total. The van der Waals surface area contributed by atoms with Gasteiger partial charge < -0.3 is 10.2 Å². The number of nitrogens with one attached hydrogen (secondary N) is 1. The maximum atomic E-state index is 13.7. The first kappa shape index (κ1) is 20.6. The van der Waals surface area contributed by atoms with Crippen molar-refractivity contribution in [1.29, 1.82) is 0 Å². The second-order valence-electron chi connectivity index (χ2n) is 6.22. The zero-order chi connectivity index (χ0) is 20.0. The second kappa shape index (κ2) is 9.26. The number of halogens is 2. The Labute approximate surface area is 158 Å². The van der Waals surface area contributed by atoms with Crippen molar-refractivity contribution in [3.8, 4) is 0 Å². The predicted molar refractivity (Wildman–Crippen MR) is 103 cm³/mol. The molecular weight excluding hydrogens is 350 g/mol. The third-order valence-corrected chi connectivity index (χ3v) is 4.38. The summed E-state index contributed by atoms with van der Waals surface area (Å²) in [6.07, 6.45) is 1.53. The van der Waals surface area contributed by atoms with E-state index in [1.54, 1.807) is 4.90 Å². The molecule has 0 aliphatic carbocycles. The summed E-state index contributed by atoms with van der Waals surface area (Å²) in [5.74, 6) is -2.15. The number of hydrogen-bond donors (Lipinski definition) is 1. The lowest BCUT2D eigenvalue weighted by Crippen LogP contribution is -2.33.